The molecule has 2 rings (SSSR count). The van der Waals surface area contributed by atoms with E-state index in [9.17, 15) is 13.2 Å². The van der Waals surface area contributed by atoms with E-state index in [2.05, 4.69) is 12.2 Å². The molecule has 0 saturated carbocycles. The highest BCUT2D eigenvalue weighted by atomic mass is 32.2. The molecule has 0 aliphatic heterocycles. The van der Waals surface area contributed by atoms with Gasteiger partial charge < -0.3 is 10.1 Å². The van der Waals surface area contributed by atoms with Crippen LogP contribution < -0.4 is 14.4 Å². The fourth-order valence-corrected chi connectivity index (χ4v) is 2.98. The molecular weight excluding hydrogens is 364 g/mol. The van der Waals surface area contributed by atoms with Crippen molar-refractivity contribution >= 4 is 27.3 Å². The summed E-state index contributed by atoms with van der Waals surface area (Å²) in [5.41, 5.74) is 2.18. The molecule has 0 spiro atoms. The first-order valence-electron chi connectivity index (χ1n) is 8.85. The fraction of sp³-hybridized carbons (Fsp3) is 0.350. The third-order valence-electron chi connectivity index (χ3n) is 4.25. The zero-order chi connectivity index (χ0) is 20.0. The zero-order valence-corrected chi connectivity index (χ0v) is 16.9. The van der Waals surface area contributed by atoms with Gasteiger partial charge in [0.25, 0.3) is 5.91 Å². The van der Waals surface area contributed by atoms with E-state index in [1.165, 1.54) is 12.6 Å². The van der Waals surface area contributed by atoms with Crippen molar-refractivity contribution in [3.8, 4) is 5.75 Å². The molecule has 0 unspecified atom stereocenters. The third-order valence-corrected chi connectivity index (χ3v) is 5.45. The average molecular weight is 391 g/mol. The molecule has 0 radical (unpaired) electrons. The maximum absolute atomic E-state index is 12.6. The van der Waals surface area contributed by atoms with Crippen LogP contribution in [0.2, 0.25) is 0 Å². The summed E-state index contributed by atoms with van der Waals surface area (Å²) in [6.45, 7) is 3.95. The lowest BCUT2D eigenvalue weighted by Gasteiger charge is -2.19. The molecule has 0 aliphatic carbocycles. The number of nitrogens with zero attached hydrogens (tertiary/aromatic N) is 1. The largest absolute Gasteiger partial charge is 0.481 e. The molecule has 1 N–H and O–H groups in total. The van der Waals surface area contributed by atoms with Gasteiger partial charge >= 0.3 is 0 Å². The van der Waals surface area contributed by atoms with Gasteiger partial charge in [0.05, 0.1) is 11.9 Å². The van der Waals surface area contributed by atoms with E-state index in [0.29, 0.717) is 23.5 Å². The summed E-state index contributed by atoms with van der Waals surface area (Å²) in [6.07, 6.45) is 1.93. The molecule has 0 aliphatic rings. The van der Waals surface area contributed by atoms with Crippen LogP contribution in [0.3, 0.4) is 0 Å². The van der Waals surface area contributed by atoms with Gasteiger partial charge in [0.1, 0.15) is 5.75 Å². The van der Waals surface area contributed by atoms with E-state index < -0.39 is 16.1 Å². The molecule has 0 heterocycles. The maximum atomic E-state index is 12.6. The second-order valence-electron chi connectivity index (χ2n) is 6.28. The molecule has 6 nitrogen and oxygen atoms in total. The lowest BCUT2D eigenvalue weighted by molar-refractivity contribution is -0.122. The van der Waals surface area contributed by atoms with Crippen molar-refractivity contribution in [2.45, 2.75) is 32.8 Å². The summed E-state index contributed by atoms with van der Waals surface area (Å²) in [5.74, 6) is 0.357. The number of benzene rings is 2. The van der Waals surface area contributed by atoms with Crippen LogP contribution in [0.25, 0.3) is 0 Å². The van der Waals surface area contributed by atoms with Crippen molar-refractivity contribution in [2.24, 2.45) is 0 Å². The second-order valence-corrected chi connectivity index (χ2v) is 8.30. The van der Waals surface area contributed by atoms with Crippen molar-refractivity contribution in [2.75, 3.05) is 22.9 Å². The normalized spacial score (nSPS) is 12.3. The van der Waals surface area contributed by atoms with Crippen LogP contribution in [-0.4, -0.2) is 33.7 Å². The van der Waals surface area contributed by atoms with Crippen molar-refractivity contribution in [1.29, 1.82) is 0 Å². The van der Waals surface area contributed by atoms with Gasteiger partial charge in [0.15, 0.2) is 6.10 Å². The number of aryl methyl sites for hydroxylation is 1. The van der Waals surface area contributed by atoms with Crippen molar-refractivity contribution in [3.05, 3.63) is 54.1 Å². The number of rotatable bonds is 8. The Kier molecular flexibility index (Phi) is 6.85. The summed E-state index contributed by atoms with van der Waals surface area (Å²) < 4.78 is 30.3. The van der Waals surface area contributed by atoms with Crippen molar-refractivity contribution in [3.63, 3.8) is 0 Å². The predicted octanol–water partition coefficient (Wildman–Crippen LogP) is 3.44. The molecule has 0 bridgehead atoms. The number of carbonyl (C=O) groups is 1. The minimum Gasteiger partial charge on any atom is -0.481 e. The van der Waals surface area contributed by atoms with Crippen LogP contribution in [-0.2, 0) is 21.2 Å². The van der Waals surface area contributed by atoms with Crippen LogP contribution in [0.15, 0.2) is 48.5 Å². The first-order chi connectivity index (χ1) is 12.7. The first kappa shape index (κ1) is 20.8. The molecular formula is C20H26N2O4S. The Morgan fingerprint density at radius 3 is 2.37 bits per heavy atom. The van der Waals surface area contributed by atoms with E-state index in [-0.39, 0.29) is 5.91 Å². The Morgan fingerprint density at radius 1 is 1.15 bits per heavy atom. The van der Waals surface area contributed by atoms with Crippen LogP contribution in [0.1, 0.15) is 25.8 Å². The van der Waals surface area contributed by atoms with Gasteiger partial charge in [-0.25, -0.2) is 8.42 Å². The van der Waals surface area contributed by atoms with E-state index >= 15 is 0 Å². The lowest BCUT2D eigenvalue weighted by atomic mass is 10.1. The topological polar surface area (TPSA) is 75.7 Å². The molecule has 7 heteroatoms. The monoisotopic (exact) mass is 390 g/mol. The smallest absolute Gasteiger partial charge is 0.265 e. The van der Waals surface area contributed by atoms with E-state index in [0.717, 1.165) is 17.0 Å². The number of sulfonamides is 1. The Morgan fingerprint density at radius 2 is 1.81 bits per heavy atom. The Bertz CT molecular complexity index is 879. The minimum absolute atomic E-state index is 0.281. The maximum Gasteiger partial charge on any atom is 0.265 e. The van der Waals surface area contributed by atoms with Gasteiger partial charge in [-0.2, -0.15) is 0 Å². The number of hydrogen-bond donors (Lipinski definition) is 1. The molecule has 146 valence electrons. The number of ether oxygens (including phenoxy) is 1. The Hall–Kier alpha value is -2.54. The molecule has 27 heavy (non-hydrogen) atoms. The third kappa shape index (κ3) is 5.72. The number of anilines is 2. The SMILES string of the molecule is CCc1ccc(O[C@H](CC)C(=O)Nc2cccc(N(C)S(C)(=O)=O)c2)cc1. The summed E-state index contributed by atoms with van der Waals surface area (Å²) in [5, 5.41) is 2.80. The highest BCUT2D eigenvalue weighted by molar-refractivity contribution is 7.92. The zero-order valence-electron chi connectivity index (χ0n) is 16.1. The molecule has 0 fully saturated rings. The molecule has 2 aromatic rings. The molecule has 1 atom stereocenters. The van der Waals surface area contributed by atoms with Crippen LogP contribution in [0.5, 0.6) is 5.75 Å². The van der Waals surface area contributed by atoms with E-state index in [4.69, 9.17) is 4.74 Å². The van der Waals surface area contributed by atoms with Gasteiger partial charge in [-0.05, 0) is 48.7 Å². The first-order valence-corrected chi connectivity index (χ1v) is 10.7. The molecule has 1 amide bonds. The summed E-state index contributed by atoms with van der Waals surface area (Å²) in [6, 6.07) is 14.3. The second kappa shape index (κ2) is 8.90. The van der Waals surface area contributed by atoms with Crippen LogP contribution in [0, 0.1) is 0 Å². The van der Waals surface area contributed by atoms with Gasteiger partial charge in [-0.3, -0.25) is 9.10 Å². The Balaban J connectivity index is 2.09. The van der Waals surface area contributed by atoms with E-state index in [1.54, 1.807) is 24.3 Å². The van der Waals surface area contributed by atoms with Crippen LogP contribution in [0.4, 0.5) is 11.4 Å². The number of nitrogens with one attached hydrogen (secondary N) is 1. The van der Waals surface area contributed by atoms with E-state index in [1.807, 2.05) is 31.2 Å². The predicted molar refractivity (Wildman–Crippen MR) is 109 cm³/mol. The minimum atomic E-state index is -3.37. The van der Waals surface area contributed by atoms with Gasteiger partial charge in [-0.15, -0.1) is 0 Å². The average Bonchev–Trinajstić information content (AvgIpc) is 2.65. The standard InChI is InChI=1S/C20H26N2O4S/c1-5-15-10-12-18(13-11-15)26-19(6-2)20(23)21-16-8-7-9-17(14-16)22(3)27(4,24)25/h7-14,19H,5-6H2,1-4H3,(H,21,23)/t19-/m1/s1. The molecule has 2 aromatic carbocycles. The quantitative estimate of drug-likeness (QED) is 0.749. The van der Waals surface area contributed by atoms with Crippen molar-refractivity contribution < 1.29 is 17.9 Å². The fourth-order valence-electron chi connectivity index (χ4n) is 2.48. The highest BCUT2D eigenvalue weighted by Crippen LogP contribution is 2.21. The number of carbonyl (C=O) groups excluding carboxylic acids is 1. The van der Waals surface area contributed by atoms with Gasteiger partial charge in [-0.1, -0.05) is 32.0 Å². The highest BCUT2D eigenvalue weighted by Gasteiger charge is 2.19. The van der Waals surface area contributed by atoms with Gasteiger partial charge in [0, 0.05) is 12.7 Å². The molecule has 0 saturated heterocycles. The van der Waals surface area contributed by atoms with Crippen LogP contribution >= 0.6 is 0 Å². The number of hydrogen-bond acceptors (Lipinski definition) is 4. The number of amides is 1. The lowest BCUT2D eigenvalue weighted by Crippen LogP contribution is -2.32. The Labute approximate surface area is 161 Å². The summed E-state index contributed by atoms with van der Waals surface area (Å²) in [7, 11) is -1.91. The summed E-state index contributed by atoms with van der Waals surface area (Å²) >= 11 is 0. The summed E-state index contributed by atoms with van der Waals surface area (Å²) in [4.78, 5) is 12.6. The van der Waals surface area contributed by atoms with Crippen molar-refractivity contribution in [1.82, 2.24) is 0 Å². The van der Waals surface area contributed by atoms with Gasteiger partial charge in [0.2, 0.25) is 10.0 Å². The molecule has 0 aromatic heterocycles.